The van der Waals surface area contributed by atoms with Crippen molar-refractivity contribution in [3.05, 3.63) is 59.6 Å². The maximum absolute atomic E-state index is 12.9. The van der Waals surface area contributed by atoms with Gasteiger partial charge in [-0.25, -0.2) is 9.97 Å². The van der Waals surface area contributed by atoms with Crippen molar-refractivity contribution < 1.29 is 4.79 Å². The van der Waals surface area contributed by atoms with Gasteiger partial charge in [0.05, 0.1) is 30.2 Å². The predicted octanol–water partition coefficient (Wildman–Crippen LogP) is 4.58. The summed E-state index contributed by atoms with van der Waals surface area (Å²) in [4.78, 5) is 30.7. The van der Waals surface area contributed by atoms with Gasteiger partial charge in [0.15, 0.2) is 0 Å². The third kappa shape index (κ3) is 5.63. The highest BCUT2D eigenvalue weighted by Gasteiger charge is 2.34. The van der Waals surface area contributed by atoms with Gasteiger partial charge < -0.3 is 20.2 Å². The lowest BCUT2D eigenvalue weighted by atomic mass is 9.96. The Kier molecular flexibility index (Phi) is 7.44. The summed E-state index contributed by atoms with van der Waals surface area (Å²) < 4.78 is 0. The number of hydrogen-bond acceptors (Lipinski definition) is 4. The summed E-state index contributed by atoms with van der Waals surface area (Å²) in [5.41, 5.74) is 3.71. The van der Waals surface area contributed by atoms with Gasteiger partial charge in [0.1, 0.15) is 17.3 Å². The largest absolute Gasteiger partial charge is 0.341 e. The van der Waals surface area contributed by atoms with E-state index in [1.165, 1.54) is 6.42 Å². The van der Waals surface area contributed by atoms with Gasteiger partial charge in [-0.15, -0.1) is 0 Å². The zero-order valence-corrected chi connectivity index (χ0v) is 21.8. The van der Waals surface area contributed by atoms with Crippen LogP contribution in [0.25, 0.3) is 11.3 Å². The Hall–Kier alpha value is -3.81. The Morgan fingerprint density at radius 3 is 2.51 bits per heavy atom. The topological polar surface area (TPSA) is 89.7 Å². The summed E-state index contributed by atoms with van der Waals surface area (Å²) in [7, 11) is 0. The average molecular weight is 495 g/mol. The lowest BCUT2D eigenvalue weighted by Gasteiger charge is -2.27. The number of aromatic nitrogens is 4. The molecule has 2 aromatic heterocycles. The van der Waals surface area contributed by atoms with E-state index in [-0.39, 0.29) is 17.9 Å². The number of likely N-dealkylation sites (tertiary alicyclic amines) is 1. The van der Waals surface area contributed by atoms with Crippen LogP contribution in [0, 0.1) is 35.5 Å². The fraction of sp³-hybridized carbons (Fsp3) is 0.433. The number of rotatable bonds is 5. The molecule has 3 aromatic rings. The third-order valence-corrected chi connectivity index (χ3v) is 7.48. The molecule has 3 N–H and O–H groups in total. The van der Waals surface area contributed by atoms with Crippen molar-refractivity contribution in [2.75, 3.05) is 13.1 Å². The second-order valence-electron chi connectivity index (χ2n) is 10.3. The monoisotopic (exact) mass is 494 g/mol. The molecule has 0 radical (unpaired) electrons. The van der Waals surface area contributed by atoms with Crippen molar-refractivity contribution >= 4 is 5.91 Å². The molecule has 0 spiro atoms. The number of carbonyl (C=O) groups excluding carboxylic acids is 1. The predicted molar refractivity (Wildman–Crippen MR) is 144 cm³/mol. The van der Waals surface area contributed by atoms with Gasteiger partial charge in [-0.1, -0.05) is 38.8 Å². The SMILES string of the molecule is CC(C)[C@H](C)C(=O)N1CCC[C@H]1c1ncc(C#CC#Cc2ccc(-c3cnc([C@@H]4CCCN4)[nH]3)cc2)[nH]1. The van der Waals surface area contributed by atoms with Gasteiger partial charge in [0.25, 0.3) is 0 Å². The van der Waals surface area contributed by atoms with Gasteiger partial charge in [-0.05, 0) is 73.6 Å². The van der Waals surface area contributed by atoms with Crippen molar-refractivity contribution in [1.29, 1.82) is 0 Å². The Bertz CT molecular complexity index is 1350. The summed E-state index contributed by atoms with van der Waals surface area (Å²) in [5.74, 6) is 14.3. The average Bonchev–Trinajstić information content (AvgIpc) is 3.72. The quantitative estimate of drug-likeness (QED) is 0.453. The normalized spacial score (nSPS) is 19.8. The van der Waals surface area contributed by atoms with Gasteiger partial charge in [-0.2, -0.15) is 0 Å². The molecule has 0 unspecified atom stereocenters. The molecule has 0 aliphatic carbocycles. The van der Waals surface area contributed by atoms with E-state index >= 15 is 0 Å². The minimum absolute atomic E-state index is 0.00495. The first-order valence-corrected chi connectivity index (χ1v) is 13.3. The molecule has 190 valence electrons. The minimum atomic E-state index is -0.00535. The molecule has 7 heteroatoms. The first-order valence-electron chi connectivity index (χ1n) is 13.3. The van der Waals surface area contributed by atoms with Crippen molar-refractivity contribution in [1.82, 2.24) is 30.2 Å². The highest BCUT2D eigenvalue weighted by Crippen LogP contribution is 2.32. The molecule has 37 heavy (non-hydrogen) atoms. The summed E-state index contributed by atoms with van der Waals surface area (Å²) in [6.07, 6.45) is 7.85. The first kappa shape index (κ1) is 24.9. The van der Waals surface area contributed by atoms with E-state index in [0.29, 0.717) is 17.7 Å². The number of nitrogens with one attached hydrogen (secondary N) is 3. The van der Waals surface area contributed by atoms with E-state index < -0.39 is 0 Å². The van der Waals surface area contributed by atoms with Gasteiger partial charge in [-0.3, -0.25) is 4.79 Å². The van der Waals surface area contributed by atoms with Crippen LogP contribution in [0.15, 0.2) is 36.7 Å². The molecule has 1 amide bonds. The van der Waals surface area contributed by atoms with Gasteiger partial charge in [0, 0.05) is 18.0 Å². The standard InChI is InChI=1S/C30H34N6O/c1-20(2)21(3)30(37)36-17-7-11-27(36)29-32-18-24(34-29)9-5-4-8-22-12-14-23(15-13-22)26-19-33-28(35-26)25-10-6-16-31-25/h12-15,18-21,25,27,31H,6-7,10-11,16-17H2,1-3H3,(H,32,34)(H,33,35)/t21-,25-,27-/m0/s1. The molecular weight excluding hydrogens is 460 g/mol. The van der Waals surface area contributed by atoms with Crippen molar-refractivity contribution in [3.8, 4) is 34.9 Å². The lowest BCUT2D eigenvalue weighted by Crippen LogP contribution is -2.36. The smallest absolute Gasteiger partial charge is 0.226 e. The zero-order valence-electron chi connectivity index (χ0n) is 21.8. The fourth-order valence-electron chi connectivity index (χ4n) is 4.94. The minimum Gasteiger partial charge on any atom is -0.341 e. The highest BCUT2D eigenvalue weighted by atomic mass is 16.2. The molecule has 3 atom stereocenters. The van der Waals surface area contributed by atoms with Crippen molar-refractivity contribution in [2.24, 2.45) is 11.8 Å². The lowest BCUT2D eigenvalue weighted by molar-refractivity contribution is -0.137. The second-order valence-corrected chi connectivity index (χ2v) is 10.3. The number of H-pyrrole nitrogens is 2. The second kappa shape index (κ2) is 11.1. The maximum atomic E-state index is 12.9. The molecule has 0 saturated carbocycles. The van der Waals surface area contributed by atoms with Crippen molar-refractivity contribution in [2.45, 2.75) is 58.5 Å². The molecule has 4 heterocycles. The maximum Gasteiger partial charge on any atom is 0.226 e. The number of carbonyl (C=O) groups is 1. The Morgan fingerprint density at radius 2 is 1.76 bits per heavy atom. The van der Waals surface area contributed by atoms with Crippen LogP contribution in [-0.4, -0.2) is 43.8 Å². The molecule has 7 nitrogen and oxygen atoms in total. The molecule has 2 fully saturated rings. The highest BCUT2D eigenvalue weighted by molar-refractivity contribution is 5.79. The number of hydrogen-bond donors (Lipinski definition) is 3. The van der Waals surface area contributed by atoms with E-state index in [0.717, 1.165) is 60.8 Å². The molecule has 2 saturated heterocycles. The van der Waals surface area contributed by atoms with Crippen LogP contribution in [-0.2, 0) is 4.79 Å². The molecule has 1 aromatic carbocycles. The van der Waals surface area contributed by atoms with Gasteiger partial charge >= 0.3 is 0 Å². The third-order valence-electron chi connectivity index (χ3n) is 7.48. The van der Waals surface area contributed by atoms with Gasteiger partial charge in [0.2, 0.25) is 5.91 Å². The summed E-state index contributed by atoms with van der Waals surface area (Å²) in [6, 6.07) is 8.41. The van der Waals surface area contributed by atoms with Crippen LogP contribution in [0.5, 0.6) is 0 Å². The summed E-state index contributed by atoms with van der Waals surface area (Å²) in [6.45, 7) is 8.03. The van der Waals surface area contributed by atoms with Crippen LogP contribution in [0.1, 0.15) is 81.4 Å². The zero-order chi connectivity index (χ0) is 25.8. The van der Waals surface area contributed by atoms with Crippen LogP contribution < -0.4 is 5.32 Å². The van der Waals surface area contributed by atoms with E-state index in [1.807, 2.05) is 42.3 Å². The Morgan fingerprint density at radius 1 is 0.973 bits per heavy atom. The fourth-order valence-corrected chi connectivity index (χ4v) is 4.94. The molecular formula is C30H34N6O. The number of imidazole rings is 2. The van der Waals surface area contributed by atoms with Crippen LogP contribution in [0.2, 0.25) is 0 Å². The summed E-state index contributed by atoms with van der Waals surface area (Å²) >= 11 is 0. The number of benzene rings is 1. The van der Waals surface area contributed by atoms with Crippen LogP contribution >= 0.6 is 0 Å². The van der Waals surface area contributed by atoms with Crippen LogP contribution in [0.4, 0.5) is 0 Å². The first-order chi connectivity index (χ1) is 18.0. The van der Waals surface area contributed by atoms with E-state index in [9.17, 15) is 4.79 Å². The van der Waals surface area contributed by atoms with E-state index in [4.69, 9.17) is 0 Å². The van der Waals surface area contributed by atoms with E-state index in [2.05, 4.69) is 62.8 Å². The number of aromatic amines is 2. The number of nitrogens with zero attached hydrogens (tertiary/aromatic N) is 3. The Balaban J connectivity index is 1.20. The summed E-state index contributed by atoms with van der Waals surface area (Å²) in [5, 5.41) is 3.47. The molecule has 5 rings (SSSR count). The molecule has 2 aliphatic heterocycles. The van der Waals surface area contributed by atoms with Crippen molar-refractivity contribution in [3.63, 3.8) is 0 Å². The molecule has 2 aliphatic rings. The van der Waals surface area contributed by atoms with E-state index in [1.54, 1.807) is 6.20 Å². The Labute approximate surface area is 218 Å². The number of amides is 1. The molecule has 0 bridgehead atoms. The van der Waals surface area contributed by atoms with Crippen LogP contribution in [0.3, 0.4) is 0 Å².